The van der Waals surface area contributed by atoms with Gasteiger partial charge in [0.1, 0.15) is 0 Å². The molecule has 0 atom stereocenters. The van der Waals surface area contributed by atoms with E-state index in [2.05, 4.69) is 33.8 Å². The molecule has 0 amide bonds. The lowest BCUT2D eigenvalue weighted by Gasteiger charge is -2.25. The van der Waals surface area contributed by atoms with E-state index < -0.39 is 10.0 Å². The third kappa shape index (κ3) is 5.01. The molecular formula is C23H27N5O2S2. The predicted molar refractivity (Wildman–Crippen MR) is 134 cm³/mol. The minimum Gasteiger partial charge on any atom is -0.361 e. The van der Waals surface area contributed by atoms with Crippen LogP contribution in [0.2, 0.25) is 0 Å². The van der Waals surface area contributed by atoms with Gasteiger partial charge in [0.05, 0.1) is 11.1 Å². The zero-order valence-electron chi connectivity index (χ0n) is 18.0. The molecule has 32 heavy (non-hydrogen) atoms. The molecule has 2 heterocycles. The van der Waals surface area contributed by atoms with Gasteiger partial charge >= 0.3 is 0 Å². The summed E-state index contributed by atoms with van der Waals surface area (Å²) in [4.78, 5) is 3.47. The normalized spacial score (nSPS) is 15.3. The third-order valence-electron chi connectivity index (χ3n) is 5.60. The van der Waals surface area contributed by atoms with Crippen LogP contribution in [0.3, 0.4) is 0 Å². The quantitative estimate of drug-likeness (QED) is 0.286. The maximum Gasteiger partial charge on any atom is 0.243 e. The minimum atomic E-state index is -3.49. The zero-order valence-corrected chi connectivity index (χ0v) is 19.6. The number of anilines is 1. The number of hydrogen-bond donors (Lipinski definition) is 3. The van der Waals surface area contributed by atoms with Crippen molar-refractivity contribution in [1.29, 1.82) is 0 Å². The Kier molecular flexibility index (Phi) is 6.88. The Hall–Kier alpha value is -2.75. The summed E-state index contributed by atoms with van der Waals surface area (Å²) in [5.41, 5.74) is 6.56. The Bertz CT molecular complexity index is 1240. The first kappa shape index (κ1) is 22.4. The average molecular weight is 470 g/mol. The minimum absolute atomic E-state index is 0.308. The molecule has 4 rings (SSSR count). The topological polar surface area (TPSA) is 89.6 Å². The van der Waals surface area contributed by atoms with E-state index in [1.54, 1.807) is 34.9 Å². The molecule has 1 aliphatic rings. The Labute approximate surface area is 194 Å². The molecule has 1 fully saturated rings. The largest absolute Gasteiger partial charge is 0.361 e. The Morgan fingerprint density at radius 1 is 1.19 bits per heavy atom. The highest BCUT2D eigenvalue weighted by Gasteiger charge is 2.26. The molecule has 0 aliphatic carbocycles. The van der Waals surface area contributed by atoms with Crippen LogP contribution in [-0.2, 0) is 16.4 Å². The van der Waals surface area contributed by atoms with E-state index in [4.69, 9.17) is 12.2 Å². The number of piperidine rings is 1. The molecule has 0 radical (unpaired) electrons. The van der Waals surface area contributed by atoms with Crippen molar-refractivity contribution in [2.45, 2.75) is 37.5 Å². The molecule has 168 valence electrons. The molecule has 1 saturated heterocycles. The number of aromatic nitrogens is 1. The second-order valence-corrected chi connectivity index (χ2v) is 10.1. The van der Waals surface area contributed by atoms with Crippen LogP contribution >= 0.6 is 12.2 Å². The summed E-state index contributed by atoms with van der Waals surface area (Å²) in [7, 11) is -3.49. The number of hydrogen-bond acceptors (Lipinski definition) is 4. The number of nitrogens with zero attached hydrogens (tertiary/aromatic N) is 2. The van der Waals surface area contributed by atoms with Crippen molar-refractivity contribution >= 4 is 50.2 Å². The van der Waals surface area contributed by atoms with E-state index in [1.807, 2.05) is 18.2 Å². The number of sulfonamides is 1. The molecule has 0 saturated carbocycles. The summed E-state index contributed by atoms with van der Waals surface area (Å²) in [6.45, 7) is 3.26. The van der Waals surface area contributed by atoms with Crippen LogP contribution in [0.1, 0.15) is 37.3 Å². The number of H-pyrrole nitrogens is 1. The lowest BCUT2D eigenvalue weighted by atomic mass is 10.1. The standard InChI is InChI=1S/C23H27N5O2S2/c1-2-17-7-6-8-19(13-17)26-23(31)27-25-16-18-15-24-22-10-9-20(14-21(18)22)32(29,30)28-11-4-3-5-12-28/h6-10,13-16,24H,2-5,11-12H2,1H3,(H2,26,27,31)/b25-16+. The number of benzene rings is 2. The monoisotopic (exact) mass is 469 g/mol. The van der Waals surface area contributed by atoms with Gasteiger partial charge in [-0.3, -0.25) is 5.43 Å². The summed E-state index contributed by atoms with van der Waals surface area (Å²) < 4.78 is 27.6. The maximum absolute atomic E-state index is 13.0. The van der Waals surface area contributed by atoms with Crippen LogP contribution in [-0.4, -0.2) is 42.1 Å². The first-order chi connectivity index (χ1) is 15.5. The Morgan fingerprint density at radius 2 is 2.00 bits per heavy atom. The summed E-state index contributed by atoms with van der Waals surface area (Å²) in [5, 5.41) is 8.51. The summed E-state index contributed by atoms with van der Waals surface area (Å²) in [6, 6.07) is 13.2. The van der Waals surface area contributed by atoms with Gasteiger partial charge < -0.3 is 10.3 Å². The molecule has 2 aromatic carbocycles. The zero-order chi connectivity index (χ0) is 22.6. The van der Waals surface area contributed by atoms with Crippen molar-refractivity contribution < 1.29 is 8.42 Å². The van der Waals surface area contributed by atoms with Gasteiger partial charge in [-0.1, -0.05) is 25.5 Å². The number of aromatic amines is 1. The first-order valence-corrected chi connectivity index (χ1v) is 12.6. The fraction of sp³-hybridized carbons (Fsp3) is 0.304. The predicted octanol–water partition coefficient (Wildman–Crippen LogP) is 4.23. The van der Waals surface area contributed by atoms with E-state index >= 15 is 0 Å². The number of rotatable bonds is 6. The van der Waals surface area contributed by atoms with Gasteiger partial charge in [0.15, 0.2) is 5.11 Å². The molecule has 0 bridgehead atoms. The van der Waals surface area contributed by atoms with Crippen molar-refractivity contribution in [3.63, 3.8) is 0 Å². The highest BCUT2D eigenvalue weighted by atomic mass is 32.2. The molecule has 3 N–H and O–H groups in total. The fourth-order valence-corrected chi connectivity index (χ4v) is 5.55. The van der Waals surface area contributed by atoms with Gasteiger partial charge in [-0.15, -0.1) is 0 Å². The highest BCUT2D eigenvalue weighted by molar-refractivity contribution is 7.89. The van der Waals surface area contributed by atoms with E-state index in [1.165, 1.54) is 5.56 Å². The van der Waals surface area contributed by atoms with Gasteiger partial charge in [0.25, 0.3) is 0 Å². The molecule has 1 aromatic heterocycles. The van der Waals surface area contributed by atoms with Gasteiger partial charge in [-0.05, 0) is 67.4 Å². The third-order valence-corrected chi connectivity index (χ3v) is 7.69. The fourth-order valence-electron chi connectivity index (χ4n) is 3.83. The summed E-state index contributed by atoms with van der Waals surface area (Å²) in [5.74, 6) is 0. The van der Waals surface area contributed by atoms with Gasteiger partial charge in [-0.25, -0.2) is 8.42 Å². The molecule has 3 aromatic rings. The van der Waals surface area contributed by atoms with Crippen molar-refractivity contribution in [3.05, 3.63) is 59.8 Å². The van der Waals surface area contributed by atoms with Crippen LogP contribution in [0.4, 0.5) is 5.69 Å². The van der Waals surface area contributed by atoms with Crippen LogP contribution in [0.25, 0.3) is 10.9 Å². The molecule has 9 heteroatoms. The van der Waals surface area contributed by atoms with Crippen molar-refractivity contribution in [3.8, 4) is 0 Å². The van der Waals surface area contributed by atoms with Gasteiger partial charge in [0, 0.05) is 41.4 Å². The number of aryl methyl sites for hydroxylation is 1. The first-order valence-electron chi connectivity index (χ1n) is 10.8. The Morgan fingerprint density at radius 3 is 2.78 bits per heavy atom. The molecule has 7 nitrogen and oxygen atoms in total. The van der Waals surface area contributed by atoms with E-state index in [-0.39, 0.29) is 0 Å². The van der Waals surface area contributed by atoms with Crippen LogP contribution in [0.5, 0.6) is 0 Å². The smallest absolute Gasteiger partial charge is 0.243 e. The Balaban J connectivity index is 1.47. The number of fused-ring (bicyclic) bond motifs is 1. The maximum atomic E-state index is 13.0. The number of nitrogens with one attached hydrogen (secondary N) is 3. The van der Waals surface area contributed by atoms with Crippen LogP contribution < -0.4 is 10.7 Å². The lowest BCUT2D eigenvalue weighted by molar-refractivity contribution is 0.346. The van der Waals surface area contributed by atoms with E-state index in [0.29, 0.717) is 23.1 Å². The van der Waals surface area contributed by atoms with Crippen LogP contribution in [0.15, 0.2) is 58.7 Å². The molecular weight excluding hydrogens is 442 g/mol. The van der Waals surface area contributed by atoms with Crippen molar-refractivity contribution in [2.75, 3.05) is 18.4 Å². The van der Waals surface area contributed by atoms with Crippen molar-refractivity contribution in [2.24, 2.45) is 5.10 Å². The van der Waals surface area contributed by atoms with Crippen LogP contribution in [0, 0.1) is 0 Å². The van der Waals surface area contributed by atoms with Gasteiger partial charge in [-0.2, -0.15) is 9.41 Å². The summed E-state index contributed by atoms with van der Waals surface area (Å²) in [6.07, 6.45) is 7.28. The van der Waals surface area contributed by atoms with E-state index in [9.17, 15) is 8.42 Å². The molecule has 0 spiro atoms. The SMILES string of the molecule is CCc1cccc(NC(=S)N/N=C/c2c[nH]c3ccc(S(=O)(=O)N4CCCCC4)cc23)c1. The number of hydrazone groups is 1. The highest BCUT2D eigenvalue weighted by Crippen LogP contribution is 2.25. The lowest BCUT2D eigenvalue weighted by Crippen LogP contribution is -2.35. The second-order valence-electron chi connectivity index (χ2n) is 7.79. The number of thiocarbonyl (C=S) groups is 1. The van der Waals surface area contributed by atoms with E-state index in [0.717, 1.165) is 47.8 Å². The summed E-state index contributed by atoms with van der Waals surface area (Å²) >= 11 is 5.32. The second kappa shape index (κ2) is 9.81. The molecule has 1 aliphatic heterocycles. The molecule has 0 unspecified atom stereocenters. The van der Waals surface area contributed by atoms with Crippen molar-refractivity contribution in [1.82, 2.24) is 14.7 Å². The van der Waals surface area contributed by atoms with Gasteiger partial charge in [0.2, 0.25) is 10.0 Å². The average Bonchev–Trinajstić information content (AvgIpc) is 3.22.